The first-order chi connectivity index (χ1) is 9.72. The van der Waals surface area contributed by atoms with Crippen molar-refractivity contribution >= 4 is 11.6 Å². The molecule has 0 unspecified atom stereocenters. The van der Waals surface area contributed by atoms with Gasteiger partial charge in [-0.1, -0.05) is 6.07 Å². The van der Waals surface area contributed by atoms with E-state index in [-0.39, 0.29) is 11.7 Å². The van der Waals surface area contributed by atoms with Crippen molar-refractivity contribution in [3.05, 3.63) is 48.0 Å². The number of ether oxygens (including phenoxy) is 2. The maximum Gasteiger partial charge on any atom is 0.255 e. The molecule has 3 rings (SSSR count). The monoisotopic (exact) mass is 271 g/mol. The van der Waals surface area contributed by atoms with E-state index in [0.29, 0.717) is 36.0 Å². The Bertz CT molecular complexity index is 654. The zero-order valence-electron chi connectivity index (χ0n) is 10.6. The van der Waals surface area contributed by atoms with Gasteiger partial charge in [0.25, 0.3) is 5.91 Å². The van der Waals surface area contributed by atoms with Crippen LogP contribution in [-0.4, -0.2) is 24.2 Å². The quantitative estimate of drug-likeness (QED) is 0.880. The van der Waals surface area contributed by atoms with Crippen LogP contribution in [0.15, 0.2) is 42.5 Å². The topological polar surface area (TPSA) is 67.8 Å². The molecule has 1 heterocycles. The van der Waals surface area contributed by atoms with E-state index in [1.165, 1.54) is 6.07 Å². The number of hydrogen-bond donors (Lipinski definition) is 2. The zero-order chi connectivity index (χ0) is 13.9. The average Bonchev–Trinajstić information content (AvgIpc) is 2.47. The molecule has 2 aromatic rings. The molecular weight excluding hydrogens is 258 g/mol. The molecule has 5 nitrogen and oxygen atoms in total. The number of benzene rings is 2. The Balaban J connectivity index is 1.80. The highest BCUT2D eigenvalue weighted by molar-refractivity contribution is 6.04. The fourth-order valence-electron chi connectivity index (χ4n) is 1.97. The largest absolute Gasteiger partial charge is 0.508 e. The highest BCUT2D eigenvalue weighted by atomic mass is 16.6. The lowest BCUT2D eigenvalue weighted by Crippen LogP contribution is -2.17. The maximum atomic E-state index is 12.1. The van der Waals surface area contributed by atoms with Gasteiger partial charge in [-0.15, -0.1) is 0 Å². The zero-order valence-corrected chi connectivity index (χ0v) is 10.6. The molecule has 1 aliphatic rings. The van der Waals surface area contributed by atoms with Crippen LogP contribution < -0.4 is 14.8 Å². The lowest BCUT2D eigenvalue weighted by molar-refractivity contribution is 0.102. The number of hydrogen-bond acceptors (Lipinski definition) is 4. The molecule has 102 valence electrons. The van der Waals surface area contributed by atoms with E-state index in [4.69, 9.17) is 9.47 Å². The molecule has 0 bridgehead atoms. The third-order valence-corrected chi connectivity index (χ3v) is 2.91. The Morgan fingerprint density at radius 3 is 2.65 bits per heavy atom. The summed E-state index contributed by atoms with van der Waals surface area (Å²) in [6.07, 6.45) is 0. The van der Waals surface area contributed by atoms with E-state index >= 15 is 0 Å². The molecule has 1 aliphatic heterocycles. The number of phenolic OH excluding ortho intramolecular Hbond substituents is 1. The number of nitrogens with one attached hydrogen (secondary N) is 1. The third kappa shape index (κ3) is 2.51. The number of phenols is 1. The van der Waals surface area contributed by atoms with E-state index in [9.17, 15) is 9.90 Å². The molecule has 0 radical (unpaired) electrons. The first-order valence-corrected chi connectivity index (χ1v) is 6.22. The summed E-state index contributed by atoms with van der Waals surface area (Å²) < 4.78 is 10.8. The number of aromatic hydroxyl groups is 1. The summed E-state index contributed by atoms with van der Waals surface area (Å²) in [7, 11) is 0. The highest BCUT2D eigenvalue weighted by Gasteiger charge is 2.15. The average molecular weight is 271 g/mol. The van der Waals surface area contributed by atoms with Crippen molar-refractivity contribution < 1.29 is 19.4 Å². The summed E-state index contributed by atoms with van der Waals surface area (Å²) in [5.74, 6) is 1.04. The lowest BCUT2D eigenvalue weighted by atomic mass is 10.1. The van der Waals surface area contributed by atoms with E-state index < -0.39 is 0 Å². The van der Waals surface area contributed by atoms with Gasteiger partial charge in [0.2, 0.25) is 0 Å². The molecule has 0 saturated carbocycles. The number of carbonyl (C=O) groups excluding carboxylic acids is 1. The van der Waals surface area contributed by atoms with Crippen molar-refractivity contribution in [1.29, 1.82) is 0 Å². The van der Waals surface area contributed by atoms with Crippen molar-refractivity contribution in [3.8, 4) is 17.2 Å². The van der Waals surface area contributed by atoms with Gasteiger partial charge in [-0.25, -0.2) is 0 Å². The number of amides is 1. The number of anilines is 1. The van der Waals surface area contributed by atoms with Gasteiger partial charge in [-0.3, -0.25) is 4.79 Å². The van der Waals surface area contributed by atoms with Crippen LogP contribution in [0.5, 0.6) is 17.2 Å². The van der Waals surface area contributed by atoms with E-state index in [1.807, 2.05) is 0 Å². The van der Waals surface area contributed by atoms with Crippen LogP contribution in [0.3, 0.4) is 0 Å². The summed E-state index contributed by atoms with van der Waals surface area (Å²) in [6, 6.07) is 11.4. The van der Waals surface area contributed by atoms with Gasteiger partial charge in [-0.2, -0.15) is 0 Å². The second-order valence-electron chi connectivity index (χ2n) is 4.36. The molecule has 0 aromatic heterocycles. The Morgan fingerprint density at radius 2 is 1.85 bits per heavy atom. The van der Waals surface area contributed by atoms with Crippen LogP contribution >= 0.6 is 0 Å². The van der Waals surface area contributed by atoms with Crippen molar-refractivity contribution in [1.82, 2.24) is 0 Å². The van der Waals surface area contributed by atoms with Gasteiger partial charge in [0.1, 0.15) is 19.0 Å². The van der Waals surface area contributed by atoms with Crippen molar-refractivity contribution in [2.24, 2.45) is 0 Å². The van der Waals surface area contributed by atoms with Crippen molar-refractivity contribution in [2.75, 3.05) is 18.5 Å². The molecule has 0 fully saturated rings. The standard InChI is InChI=1S/C15H13NO4/c17-12-3-1-2-11(9-12)16-15(18)10-4-5-13-14(8-10)20-7-6-19-13/h1-5,8-9,17H,6-7H2,(H,16,18). The molecule has 2 aromatic carbocycles. The van der Waals surface area contributed by atoms with Crippen LogP contribution in [0, 0.1) is 0 Å². The van der Waals surface area contributed by atoms with E-state index in [0.717, 1.165) is 0 Å². The predicted molar refractivity (Wildman–Crippen MR) is 73.5 cm³/mol. The van der Waals surface area contributed by atoms with Crippen molar-refractivity contribution in [3.63, 3.8) is 0 Å². The smallest absolute Gasteiger partial charge is 0.255 e. The summed E-state index contributed by atoms with van der Waals surface area (Å²) >= 11 is 0. The van der Waals surface area contributed by atoms with Gasteiger partial charge >= 0.3 is 0 Å². The predicted octanol–water partition coefficient (Wildman–Crippen LogP) is 2.42. The second-order valence-corrected chi connectivity index (χ2v) is 4.36. The SMILES string of the molecule is O=C(Nc1cccc(O)c1)c1ccc2c(c1)OCCO2. The molecule has 0 aliphatic carbocycles. The van der Waals surface area contributed by atoms with Crippen LogP contribution in [0.1, 0.15) is 10.4 Å². The van der Waals surface area contributed by atoms with E-state index in [1.54, 1.807) is 36.4 Å². The molecule has 2 N–H and O–H groups in total. The molecule has 0 atom stereocenters. The van der Waals surface area contributed by atoms with Gasteiger partial charge in [0.15, 0.2) is 11.5 Å². The van der Waals surface area contributed by atoms with Gasteiger partial charge < -0.3 is 19.9 Å². The molecule has 0 spiro atoms. The van der Waals surface area contributed by atoms with Gasteiger partial charge in [0.05, 0.1) is 0 Å². The summed E-state index contributed by atoms with van der Waals surface area (Å²) in [5, 5.41) is 12.1. The summed E-state index contributed by atoms with van der Waals surface area (Å²) in [6.45, 7) is 0.993. The Hall–Kier alpha value is -2.69. The Morgan fingerprint density at radius 1 is 1.05 bits per heavy atom. The Kier molecular flexibility index (Phi) is 3.16. The van der Waals surface area contributed by atoms with Crippen LogP contribution in [0.25, 0.3) is 0 Å². The van der Waals surface area contributed by atoms with Gasteiger partial charge in [0, 0.05) is 17.3 Å². The summed E-state index contributed by atoms with van der Waals surface area (Å²) in [5.41, 5.74) is 1.00. The molecule has 0 saturated heterocycles. The first-order valence-electron chi connectivity index (χ1n) is 6.22. The number of fused-ring (bicyclic) bond motifs is 1. The first kappa shape index (κ1) is 12.3. The fraction of sp³-hybridized carbons (Fsp3) is 0.133. The van der Waals surface area contributed by atoms with Gasteiger partial charge in [-0.05, 0) is 30.3 Å². The molecular formula is C15H13NO4. The minimum atomic E-state index is -0.271. The Labute approximate surface area is 115 Å². The molecule has 20 heavy (non-hydrogen) atoms. The third-order valence-electron chi connectivity index (χ3n) is 2.91. The highest BCUT2D eigenvalue weighted by Crippen LogP contribution is 2.31. The van der Waals surface area contributed by atoms with E-state index in [2.05, 4.69) is 5.32 Å². The molecule has 5 heteroatoms. The maximum absolute atomic E-state index is 12.1. The number of rotatable bonds is 2. The van der Waals surface area contributed by atoms with Crippen LogP contribution in [-0.2, 0) is 0 Å². The number of carbonyl (C=O) groups is 1. The summed E-state index contributed by atoms with van der Waals surface area (Å²) in [4.78, 5) is 12.1. The lowest BCUT2D eigenvalue weighted by Gasteiger charge is -2.18. The normalized spacial score (nSPS) is 12.8. The molecule has 1 amide bonds. The minimum Gasteiger partial charge on any atom is -0.508 e. The fourth-order valence-corrected chi connectivity index (χ4v) is 1.97. The van der Waals surface area contributed by atoms with Crippen LogP contribution in [0.2, 0.25) is 0 Å². The van der Waals surface area contributed by atoms with Crippen molar-refractivity contribution in [2.45, 2.75) is 0 Å². The minimum absolute atomic E-state index is 0.102. The van der Waals surface area contributed by atoms with Crippen LogP contribution in [0.4, 0.5) is 5.69 Å². The second kappa shape index (κ2) is 5.13.